The highest BCUT2D eigenvalue weighted by Crippen LogP contribution is 2.47. The fraction of sp³-hybridized carbons (Fsp3) is 0.556. The molecule has 1 aromatic carbocycles. The molecule has 2 aromatic heterocycles. The van der Waals surface area contributed by atoms with Gasteiger partial charge in [-0.25, -0.2) is 4.79 Å². The first-order valence-corrected chi connectivity index (χ1v) is 15.5. The number of nitrogens with zero attached hydrogens (tertiary/aromatic N) is 5. The second kappa shape index (κ2) is 13.3. The number of anilines is 1. The standard InChI is InChI=1S/C27H39N6O9P/c1-27(2,3)42-26(35)32-10-8-19(9-11-32)41-20-7-6-17(14-18(20)16-43(36,37)39-5)15-33-23-21(29-25(33)38-4)22(28)30-24(31-23)40-13-12-34/h6-7,14,19,34H,8-13,15-16H2,1-5H3,(H,36,37)(H2,28,30,31). The van der Waals surface area contributed by atoms with Crippen LogP contribution >= 0.6 is 7.60 Å². The van der Waals surface area contributed by atoms with E-state index < -0.39 is 13.2 Å². The highest BCUT2D eigenvalue weighted by molar-refractivity contribution is 7.51. The minimum absolute atomic E-state index is 0.0121. The Hall–Kier alpha value is -3.65. The van der Waals surface area contributed by atoms with E-state index in [0.29, 0.717) is 48.4 Å². The zero-order valence-corrected chi connectivity index (χ0v) is 25.9. The fourth-order valence-corrected chi connectivity index (χ4v) is 5.38. The Kier molecular flexibility index (Phi) is 10.0. The van der Waals surface area contributed by atoms with Crippen LogP contribution in [-0.4, -0.2) is 92.7 Å². The molecule has 3 aromatic rings. The molecule has 1 saturated heterocycles. The van der Waals surface area contributed by atoms with Crippen molar-refractivity contribution in [1.29, 1.82) is 0 Å². The number of likely N-dealkylation sites (tertiary alicyclic amines) is 1. The third-order valence-corrected chi connectivity index (χ3v) is 7.89. The lowest BCUT2D eigenvalue weighted by molar-refractivity contribution is 0.0125. The van der Waals surface area contributed by atoms with Crippen molar-refractivity contribution < 1.29 is 42.8 Å². The van der Waals surface area contributed by atoms with Gasteiger partial charge in [0.25, 0.3) is 6.01 Å². The number of nitrogens with two attached hydrogens (primary N) is 1. The Morgan fingerprint density at radius 2 is 1.88 bits per heavy atom. The predicted molar refractivity (Wildman–Crippen MR) is 156 cm³/mol. The van der Waals surface area contributed by atoms with Gasteiger partial charge in [-0.15, -0.1) is 0 Å². The molecular formula is C27H39N6O9P. The predicted octanol–water partition coefficient (Wildman–Crippen LogP) is 2.95. The third-order valence-electron chi connectivity index (χ3n) is 6.58. The minimum Gasteiger partial charge on any atom is -0.490 e. The molecule has 16 heteroatoms. The maximum absolute atomic E-state index is 12.6. The van der Waals surface area contributed by atoms with Crippen LogP contribution in [0.2, 0.25) is 0 Å². The van der Waals surface area contributed by atoms with Gasteiger partial charge < -0.3 is 44.1 Å². The number of amides is 1. The van der Waals surface area contributed by atoms with E-state index in [9.17, 15) is 14.3 Å². The van der Waals surface area contributed by atoms with E-state index >= 15 is 0 Å². The molecule has 43 heavy (non-hydrogen) atoms. The summed E-state index contributed by atoms with van der Waals surface area (Å²) in [6.45, 7) is 6.38. The van der Waals surface area contributed by atoms with Gasteiger partial charge >= 0.3 is 19.7 Å². The molecule has 3 heterocycles. The number of aliphatic hydroxyl groups excluding tert-OH is 1. The van der Waals surface area contributed by atoms with Gasteiger partial charge in [-0.1, -0.05) is 6.07 Å². The zero-order chi connectivity index (χ0) is 31.4. The number of hydrogen-bond acceptors (Lipinski definition) is 12. The first kappa shape index (κ1) is 32.3. The summed E-state index contributed by atoms with van der Waals surface area (Å²) in [5.74, 6) is 0.526. The number of benzene rings is 1. The summed E-state index contributed by atoms with van der Waals surface area (Å²) >= 11 is 0. The van der Waals surface area contributed by atoms with Crippen molar-refractivity contribution >= 4 is 30.7 Å². The quantitative estimate of drug-likeness (QED) is 0.265. The second-order valence-electron chi connectivity index (χ2n) is 11.0. The monoisotopic (exact) mass is 622 g/mol. The molecule has 4 rings (SSSR count). The Labute approximate surface area is 249 Å². The molecule has 1 aliphatic rings. The van der Waals surface area contributed by atoms with Gasteiger partial charge in [0.05, 0.1) is 26.4 Å². The number of imidazole rings is 1. The molecule has 1 fully saturated rings. The van der Waals surface area contributed by atoms with E-state index in [2.05, 4.69) is 15.0 Å². The lowest BCUT2D eigenvalue weighted by atomic mass is 10.1. The number of piperidine rings is 1. The molecule has 1 amide bonds. The number of methoxy groups -OCH3 is 1. The Morgan fingerprint density at radius 1 is 1.16 bits per heavy atom. The molecule has 0 aliphatic carbocycles. The minimum atomic E-state index is -3.95. The van der Waals surface area contributed by atoms with E-state index in [1.165, 1.54) is 14.2 Å². The average molecular weight is 623 g/mol. The molecule has 0 saturated carbocycles. The van der Waals surface area contributed by atoms with Crippen LogP contribution in [0.25, 0.3) is 11.2 Å². The van der Waals surface area contributed by atoms with Crippen LogP contribution in [0.15, 0.2) is 18.2 Å². The molecular weight excluding hydrogens is 583 g/mol. The largest absolute Gasteiger partial charge is 0.490 e. The lowest BCUT2D eigenvalue weighted by Crippen LogP contribution is -2.44. The van der Waals surface area contributed by atoms with Gasteiger partial charge in [0.2, 0.25) is 0 Å². The molecule has 0 bridgehead atoms. The van der Waals surface area contributed by atoms with E-state index in [1.54, 1.807) is 21.6 Å². The molecule has 1 aliphatic heterocycles. The summed E-state index contributed by atoms with van der Waals surface area (Å²) in [4.78, 5) is 37.3. The summed E-state index contributed by atoms with van der Waals surface area (Å²) in [7, 11) is -1.31. The fourth-order valence-electron chi connectivity index (χ4n) is 4.58. The summed E-state index contributed by atoms with van der Waals surface area (Å²) in [6.07, 6.45) is 0.292. The van der Waals surface area contributed by atoms with Gasteiger partial charge in [-0.2, -0.15) is 15.0 Å². The van der Waals surface area contributed by atoms with Crippen LogP contribution in [0.3, 0.4) is 0 Å². The summed E-state index contributed by atoms with van der Waals surface area (Å²) in [5, 5.41) is 9.10. The van der Waals surface area contributed by atoms with Gasteiger partial charge in [0.15, 0.2) is 17.0 Å². The van der Waals surface area contributed by atoms with Crippen LogP contribution in [0.5, 0.6) is 17.8 Å². The maximum Gasteiger partial charge on any atom is 0.410 e. The van der Waals surface area contributed by atoms with E-state index in [1.807, 2.05) is 26.8 Å². The van der Waals surface area contributed by atoms with Crippen molar-refractivity contribution in [3.63, 3.8) is 0 Å². The second-order valence-corrected chi connectivity index (χ2v) is 13.0. The van der Waals surface area contributed by atoms with Crippen molar-refractivity contribution in [3.8, 4) is 17.8 Å². The Bertz CT molecular complexity index is 1480. The first-order chi connectivity index (χ1) is 20.3. The van der Waals surface area contributed by atoms with Crippen LogP contribution in [0.4, 0.5) is 10.6 Å². The molecule has 0 radical (unpaired) electrons. The highest BCUT2D eigenvalue weighted by atomic mass is 31.2. The third kappa shape index (κ3) is 8.25. The Balaban J connectivity index is 1.58. The van der Waals surface area contributed by atoms with Crippen LogP contribution in [0.1, 0.15) is 44.7 Å². The number of fused-ring (bicyclic) bond motifs is 1. The van der Waals surface area contributed by atoms with Crippen LogP contribution in [-0.2, 0) is 26.5 Å². The topological polar surface area (TPSA) is 194 Å². The highest BCUT2D eigenvalue weighted by Gasteiger charge is 2.29. The normalized spacial score (nSPS) is 15.7. The zero-order valence-electron chi connectivity index (χ0n) is 25.0. The van der Waals surface area contributed by atoms with Crippen molar-refractivity contribution in [2.24, 2.45) is 0 Å². The molecule has 236 valence electrons. The molecule has 0 spiro atoms. The van der Waals surface area contributed by atoms with E-state index in [4.69, 9.17) is 34.3 Å². The van der Waals surface area contributed by atoms with Gasteiger partial charge in [-0.05, 0) is 38.5 Å². The molecule has 1 unspecified atom stereocenters. The van der Waals surface area contributed by atoms with E-state index in [-0.39, 0.29) is 56.0 Å². The van der Waals surface area contributed by atoms with E-state index in [0.717, 1.165) is 5.56 Å². The van der Waals surface area contributed by atoms with Crippen molar-refractivity contribution in [3.05, 3.63) is 29.3 Å². The molecule has 4 N–H and O–H groups in total. The number of carbonyl (C=O) groups excluding carboxylic acids is 1. The maximum atomic E-state index is 12.6. The SMILES string of the molecule is COc1nc2c(N)nc(OCCO)nc2n1Cc1ccc(OC2CCN(C(=O)OC(C)(C)C)CC2)c(CP(=O)(O)OC)c1. The number of ether oxygens (including phenoxy) is 4. The van der Waals surface area contributed by atoms with Crippen molar-refractivity contribution in [2.75, 3.05) is 46.3 Å². The number of nitrogen functional groups attached to an aromatic ring is 1. The molecule has 1 atom stereocenters. The van der Waals surface area contributed by atoms with Crippen LogP contribution < -0.4 is 19.9 Å². The van der Waals surface area contributed by atoms with Crippen LogP contribution in [0, 0.1) is 0 Å². The van der Waals surface area contributed by atoms with Gasteiger partial charge in [0.1, 0.15) is 24.1 Å². The Morgan fingerprint density at radius 3 is 2.51 bits per heavy atom. The number of carbonyl (C=O) groups is 1. The van der Waals surface area contributed by atoms with Gasteiger partial charge in [-0.3, -0.25) is 9.13 Å². The number of rotatable bonds is 11. The number of aromatic nitrogens is 4. The van der Waals surface area contributed by atoms with Gasteiger partial charge in [0, 0.05) is 38.6 Å². The lowest BCUT2D eigenvalue weighted by Gasteiger charge is -2.33. The number of hydrogen-bond donors (Lipinski definition) is 3. The van der Waals surface area contributed by atoms with Crippen molar-refractivity contribution in [1.82, 2.24) is 24.4 Å². The summed E-state index contributed by atoms with van der Waals surface area (Å²) in [5.41, 5.74) is 7.37. The average Bonchev–Trinajstić information content (AvgIpc) is 3.30. The first-order valence-electron chi connectivity index (χ1n) is 13.8. The van der Waals surface area contributed by atoms with Crippen molar-refractivity contribution in [2.45, 2.75) is 58.0 Å². The summed E-state index contributed by atoms with van der Waals surface area (Å²) in [6, 6.07) is 5.52. The molecule has 15 nitrogen and oxygen atoms in total. The summed E-state index contributed by atoms with van der Waals surface area (Å²) < 4.78 is 41.7. The smallest absolute Gasteiger partial charge is 0.410 e. The number of aliphatic hydroxyl groups is 1.